The van der Waals surface area contributed by atoms with Crippen molar-refractivity contribution in [3.8, 4) is 0 Å². The van der Waals surface area contributed by atoms with Crippen molar-refractivity contribution in [2.45, 2.75) is 61.5 Å². The van der Waals surface area contributed by atoms with E-state index in [-0.39, 0.29) is 11.7 Å². The molecular formula is C20H33NO5S2. The Morgan fingerprint density at radius 3 is 1.75 bits per heavy atom. The first-order valence-electron chi connectivity index (χ1n) is 9.40. The summed E-state index contributed by atoms with van der Waals surface area (Å²) in [4.78, 5) is 38.4. The molecule has 1 heterocycles. The molecule has 0 amide bonds. The molecular weight excluding hydrogens is 398 g/mol. The van der Waals surface area contributed by atoms with Crippen LogP contribution in [0.25, 0.3) is 0 Å². The summed E-state index contributed by atoms with van der Waals surface area (Å²) in [7, 11) is 0. The van der Waals surface area contributed by atoms with Crippen molar-refractivity contribution >= 4 is 41.4 Å². The Balaban J connectivity index is 0.000000887. The second-order valence-corrected chi connectivity index (χ2v) is 9.26. The molecule has 0 saturated carbocycles. The van der Waals surface area contributed by atoms with Gasteiger partial charge in [0.05, 0.1) is 15.8 Å². The van der Waals surface area contributed by atoms with E-state index < -0.39 is 23.3 Å². The Labute approximate surface area is 177 Å². The van der Waals surface area contributed by atoms with Crippen LogP contribution < -0.4 is 0 Å². The molecule has 28 heavy (non-hydrogen) atoms. The Kier molecular flexibility index (Phi) is 12.5. The van der Waals surface area contributed by atoms with Crippen LogP contribution in [0.4, 0.5) is 0 Å². The van der Waals surface area contributed by atoms with Gasteiger partial charge >= 0.3 is 17.9 Å². The molecule has 1 rings (SSSR count). The number of esters is 3. The highest BCUT2D eigenvalue weighted by Crippen LogP contribution is 2.40. The van der Waals surface area contributed by atoms with E-state index in [1.807, 2.05) is 0 Å². The number of carbonyl (C=O) groups is 3. The van der Waals surface area contributed by atoms with Crippen molar-refractivity contribution in [1.29, 1.82) is 0 Å². The van der Waals surface area contributed by atoms with Gasteiger partial charge in [0, 0.05) is 0 Å². The Morgan fingerprint density at radius 2 is 1.43 bits per heavy atom. The van der Waals surface area contributed by atoms with Crippen LogP contribution in [0.2, 0.25) is 0 Å². The largest absolute Gasteiger partial charge is 0.459 e. The van der Waals surface area contributed by atoms with Gasteiger partial charge in [0.15, 0.2) is 5.57 Å². The van der Waals surface area contributed by atoms with Gasteiger partial charge in [-0.2, -0.15) is 0 Å². The molecule has 0 aliphatic carbocycles. The molecule has 1 aliphatic heterocycles. The molecule has 0 atom stereocenters. The van der Waals surface area contributed by atoms with Crippen molar-refractivity contribution in [2.75, 3.05) is 19.6 Å². The molecule has 0 aromatic carbocycles. The SMILES string of the molecule is CC(C)OC(=O)C(C(=O)OC(=O)C(C)(C)C)=C1SC=CS1.CCN(CC)CC. The summed E-state index contributed by atoms with van der Waals surface area (Å²) in [6.07, 6.45) is -0.372. The number of hydrogen-bond acceptors (Lipinski definition) is 8. The average Bonchev–Trinajstić information content (AvgIpc) is 3.09. The van der Waals surface area contributed by atoms with Crippen molar-refractivity contribution in [1.82, 2.24) is 4.90 Å². The Morgan fingerprint density at radius 1 is 0.964 bits per heavy atom. The summed E-state index contributed by atoms with van der Waals surface area (Å²) in [5.74, 6) is -2.45. The van der Waals surface area contributed by atoms with Gasteiger partial charge in [-0.15, -0.1) is 0 Å². The fourth-order valence-electron chi connectivity index (χ4n) is 1.81. The van der Waals surface area contributed by atoms with Gasteiger partial charge in [0.25, 0.3) is 0 Å². The molecule has 0 saturated heterocycles. The molecule has 0 N–H and O–H groups in total. The third kappa shape index (κ3) is 9.80. The van der Waals surface area contributed by atoms with Crippen LogP contribution in [0.1, 0.15) is 55.4 Å². The van der Waals surface area contributed by atoms with Crippen LogP contribution in [0.3, 0.4) is 0 Å². The number of ether oxygens (including phenoxy) is 2. The number of rotatable bonds is 6. The first kappa shape index (κ1) is 26.8. The van der Waals surface area contributed by atoms with Crippen molar-refractivity contribution in [3.63, 3.8) is 0 Å². The second-order valence-electron chi connectivity index (χ2n) is 7.17. The molecule has 0 unspecified atom stereocenters. The molecule has 0 radical (unpaired) electrons. The van der Waals surface area contributed by atoms with Crippen LogP contribution in [-0.4, -0.2) is 48.5 Å². The minimum atomic E-state index is -0.973. The van der Waals surface area contributed by atoms with Crippen molar-refractivity contribution < 1.29 is 23.9 Å². The van der Waals surface area contributed by atoms with Gasteiger partial charge < -0.3 is 14.4 Å². The molecule has 0 bridgehead atoms. The normalized spacial score (nSPS) is 13.3. The lowest BCUT2D eigenvalue weighted by Crippen LogP contribution is -2.29. The first-order valence-corrected chi connectivity index (χ1v) is 11.2. The van der Waals surface area contributed by atoms with E-state index in [2.05, 4.69) is 25.7 Å². The third-order valence-electron chi connectivity index (χ3n) is 3.50. The number of thioether (sulfide) groups is 2. The van der Waals surface area contributed by atoms with Crippen LogP contribution in [0.15, 0.2) is 20.6 Å². The van der Waals surface area contributed by atoms with Crippen LogP contribution in [0.5, 0.6) is 0 Å². The lowest BCUT2D eigenvalue weighted by atomic mass is 9.97. The molecule has 0 spiro atoms. The molecule has 160 valence electrons. The summed E-state index contributed by atoms with van der Waals surface area (Å²) in [5.41, 5.74) is -1.07. The standard InChI is InChI=1S/C14H18O5S2.C6H15N/c1-8(2)18-10(15)9(12-20-6-7-21-12)11(16)19-13(17)14(3,4)5;1-4-7(5-2)6-3/h6-8H,1-5H3;4-6H2,1-3H3. The maximum atomic E-state index is 12.2. The van der Waals surface area contributed by atoms with Gasteiger partial charge in [0.1, 0.15) is 0 Å². The summed E-state index contributed by atoms with van der Waals surface area (Å²) < 4.78 is 10.3. The molecule has 0 aromatic heterocycles. The Bertz CT molecular complexity index is 587. The van der Waals surface area contributed by atoms with E-state index in [1.54, 1.807) is 45.4 Å². The minimum Gasteiger partial charge on any atom is -0.459 e. The quantitative estimate of drug-likeness (QED) is 0.262. The fraction of sp³-hybridized carbons (Fsp3) is 0.650. The topological polar surface area (TPSA) is 72.9 Å². The lowest BCUT2D eigenvalue weighted by Gasteiger charge is -2.17. The summed E-state index contributed by atoms with van der Waals surface area (Å²) in [6, 6.07) is 0. The Hall–Kier alpha value is -1.25. The first-order chi connectivity index (χ1) is 13.0. The fourth-order valence-corrected chi connectivity index (χ4v) is 3.62. The molecule has 6 nitrogen and oxygen atoms in total. The molecule has 8 heteroatoms. The maximum absolute atomic E-state index is 12.2. The minimum absolute atomic E-state index is 0.235. The zero-order chi connectivity index (χ0) is 21.9. The summed E-state index contributed by atoms with van der Waals surface area (Å²) >= 11 is 2.44. The predicted molar refractivity (Wildman–Crippen MR) is 117 cm³/mol. The highest BCUT2D eigenvalue weighted by Gasteiger charge is 2.33. The number of nitrogens with zero attached hydrogens (tertiary/aromatic N) is 1. The van der Waals surface area contributed by atoms with Crippen molar-refractivity contribution in [2.24, 2.45) is 5.41 Å². The zero-order valence-corrected chi connectivity index (χ0v) is 19.8. The maximum Gasteiger partial charge on any atom is 0.354 e. The second kappa shape index (κ2) is 13.1. The summed E-state index contributed by atoms with van der Waals surface area (Å²) in [5, 5.41) is 3.48. The van der Waals surface area contributed by atoms with E-state index in [9.17, 15) is 14.4 Å². The summed E-state index contributed by atoms with van der Waals surface area (Å²) in [6.45, 7) is 18.4. The molecule has 0 aromatic rings. The zero-order valence-electron chi connectivity index (χ0n) is 18.2. The van der Waals surface area contributed by atoms with E-state index in [4.69, 9.17) is 9.47 Å². The van der Waals surface area contributed by atoms with Gasteiger partial charge in [0.2, 0.25) is 0 Å². The molecule has 0 fully saturated rings. The predicted octanol–water partition coefficient (Wildman–Crippen LogP) is 4.56. The number of hydrogen-bond donors (Lipinski definition) is 0. The van der Waals surface area contributed by atoms with E-state index in [1.165, 1.54) is 43.2 Å². The smallest absolute Gasteiger partial charge is 0.354 e. The van der Waals surface area contributed by atoms with E-state index in [0.717, 1.165) is 0 Å². The third-order valence-corrected chi connectivity index (χ3v) is 5.63. The monoisotopic (exact) mass is 431 g/mol. The average molecular weight is 432 g/mol. The van der Waals surface area contributed by atoms with Gasteiger partial charge in [-0.25, -0.2) is 9.59 Å². The highest BCUT2D eigenvalue weighted by atomic mass is 32.2. The van der Waals surface area contributed by atoms with E-state index >= 15 is 0 Å². The molecule has 1 aliphatic rings. The highest BCUT2D eigenvalue weighted by molar-refractivity contribution is 8.27. The van der Waals surface area contributed by atoms with Crippen LogP contribution in [0, 0.1) is 5.41 Å². The van der Waals surface area contributed by atoms with Crippen LogP contribution in [-0.2, 0) is 23.9 Å². The lowest BCUT2D eigenvalue weighted by molar-refractivity contribution is -0.164. The van der Waals surface area contributed by atoms with Crippen LogP contribution >= 0.6 is 23.5 Å². The van der Waals surface area contributed by atoms with Gasteiger partial charge in [-0.05, 0) is 65.1 Å². The van der Waals surface area contributed by atoms with Gasteiger partial charge in [-0.1, -0.05) is 44.3 Å². The number of carbonyl (C=O) groups excluding carboxylic acids is 3. The van der Waals surface area contributed by atoms with Gasteiger partial charge in [-0.3, -0.25) is 4.79 Å². The van der Waals surface area contributed by atoms with E-state index in [0.29, 0.717) is 4.24 Å². The van der Waals surface area contributed by atoms with Crippen molar-refractivity contribution in [3.05, 3.63) is 20.6 Å².